The quantitative estimate of drug-likeness (QED) is 0.0513. The minimum atomic E-state index is -1.05. The number of ether oxygens (including phenoxy) is 5. The van der Waals surface area contributed by atoms with Crippen LogP contribution in [0, 0.1) is 5.92 Å². The zero-order valence-corrected chi connectivity index (χ0v) is 31.5. The standard InChI is InChI=1S/C37H66N2O13/c1-48-37(47)31(28-32(40)16-14-12-10-8-6-4-2-3-5-7-9-11-13-15-17-35(43)44)18-19-33(41)38-20-22-49-24-26-51-29-34(42)39-21-23-50-25-27-52-30-36(45)46/h31H,2-30H2,1H3,(H,38,41)(H,39,42)(H,43,44)(H,45,46)/t31-/m1/s1. The van der Waals surface area contributed by atoms with E-state index in [1.165, 1.54) is 52.1 Å². The third-order valence-electron chi connectivity index (χ3n) is 8.16. The van der Waals surface area contributed by atoms with Gasteiger partial charge in [0.25, 0.3) is 0 Å². The summed E-state index contributed by atoms with van der Waals surface area (Å²) < 4.78 is 25.5. The largest absolute Gasteiger partial charge is 0.481 e. The van der Waals surface area contributed by atoms with Gasteiger partial charge in [-0.15, -0.1) is 0 Å². The van der Waals surface area contributed by atoms with Crippen LogP contribution in [0.1, 0.15) is 122 Å². The first-order valence-corrected chi connectivity index (χ1v) is 19.0. The van der Waals surface area contributed by atoms with Crippen molar-refractivity contribution in [2.45, 2.75) is 122 Å². The number of carbonyl (C=O) groups is 6. The monoisotopic (exact) mass is 746 g/mol. The van der Waals surface area contributed by atoms with Gasteiger partial charge < -0.3 is 44.5 Å². The second-order valence-corrected chi connectivity index (χ2v) is 12.8. The summed E-state index contributed by atoms with van der Waals surface area (Å²) in [5.74, 6) is -3.44. The maximum absolute atomic E-state index is 12.5. The molecule has 0 fully saturated rings. The lowest BCUT2D eigenvalue weighted by Gasteiger charge is -2.14. The first kappa shape index (κ1) is 48.9. The topological polar surface area (TPSA) is 213 Å². The smallest absolute Gasteiger partial charge is 0.329 e. The van der Waals surface area contributed by atoms with E-state index in [1.807, 2.05) is 0 Å². The Labute approximate surface area is 309 Å². The fraction of sp³-hybridized carbons (Fsp3) is 0.838. The van der Waals surface area contributed by atoms with Crippen molar-refractivity contribution in [3.05, 3.63) is 0 Å². The van der Waals surface area contributed by atoms with Crippen molar-refractivity contribution in [3.8, 4) is 0 Å². The van der Waals surface area contributed by atoms with E-state index in [-0.39, 0.29) is 109 Å². The van der Waals surface area contributed by atoms with Gasteiger partial charge >= 0.3 is 17.9 Å². The summed E-state index contributed by atoms with van der Waals surface area (Å²) in [6, 6.07) is 0. The van der Waals surface area contributed by atoms with E-state index in [0.717, 1.165) is 44.9 Å². The predicted molar refractivity (Wildman–Crippen MR) is 193 cm³/mol. The summed E-state index contributed by atoms with van der Waals surface area (Å²) in [7, 11) is 1.28. The molecule has 0 radical (unpaired) electrons. The van der Waals surface area contributed by atoms with Crippen molar-refractivity contribution < 1.29 is 62.7 Å². The highest BCUT2D eigenvalue weighted by atomic mass is 16.5. The molecule has 4 N–H and O–H groups in total. The van der Waals surface area contributed by atoms with Crippen molar-refractivity contribution in [2.24, 2.45) is 5.92 Å². The molecule has 302 valence electrons. The normalized spacial score (nSPS) is 11.6. The van der Waals surface area contributed by atoms with Crippen molar-refractivity contribution >= 4 is 35.5 Å². The van der Waals surface area contributed by atoms with Crippen molar-refractivity contribution in [2.75, 3.05) is 73.1 Å². The number of hydrogen-bond donors (Lipinski definition) is 4. The number of Topliss-reactive ketones (excluding diaryl/α,β-unsaturated/α-hetero) is 1. The first-order chi connectivity index (χ1) is 25.1. The molecule has 0 aromatic rings. The second kappa shape index (κ2) is 36.2. The number of unbranched alkanes of at least 4 members (excludes halogenated alkanes) is 13. The highest BCUT2D eigenvalue weighted by molar-refractivity contribution is 5.85. The molecule has 0 saturated carbocycles. The Kier molecular flexibility index (Phi) is 34.0. The van der Waals surface area contributed by atoms with Gasteiger partial charge in [0, 0.05) is 38.8 Å². The van der Waals surface area contributed by atoms with E-state index in [0.29, 0.717) is 6.42 Å². The molecule has 15 nitrogen and oxygen atoms in total. The zero-order valence-electron chi connectivity index (χ0n) is 31.5. The molecule has 0 bridgehead atoms. The average Bonchev–Trinajstić information content (AvgIpc) is 3.11. The van der Waals surface area contributed by atoms with Crippen LogP contribution in [0.2, 0.25) is 0 Å². The Morgan fingerprint density at radius 3 is 1.42 bits per heavy atom. The van der Waals surface area contributed by atoms with Gasteiger partial charge in [0.2, 0.25) is 11.8 Å². The number of amides is 2. The van der Waals surface area contributed by atoms with E-state index < -0.39 is 23.8 Å². The number of carboxylic acids is 2. The molecule has 0 aliphatic heterocycles. The zero-order chi connectivity index (χ0) is 38.5. The predicted octanol–water partition coefficient (Wildman–Crippen LogP) is 4.22. The molecule has 0 saturated heterocycles. The van der Waals surface area contributed by atoms with Gasteiger partial charge in [-0.1, -0.05) is 77.0 Å². The molecule has 1 atom stereocenters. The maximum Gasteiger partial charge on any atom is 0.329 e. The third kappa shape index (κ3) is 35.3. The molecule has 0 unspecified atom stereocenters. The van der Waals surface area contributed by atoms with Gasteiger partial charge in [0.1, 0.15) is 19.0 Å². The van der Waals surface area contributed by atoms with Gasteiger partial charge in [-0.25, -0.2) is 4.79 Å². The Bertz CT molecular complexity index is 964. The van der Waals surface area contributed by atoms with Crippen LogP contribution >= 0.6 is 0 Å². The second-order valence-electron chi connectivity index (χ2n) is 12.8. The number of ketones is 1. The fourth-order valence-corrected chi connectivity index (χ4v) is 5.30. The van der Waals surface area contributed by atoms with Gasteiger partial charge in [-0.05, 0) is 19.3 Å². The van der Waals surface area contributed by atoms with Crippen LogP contribution in [-0.4, -0.2) is 119 Å². The molecule has 0 rings (SSSR count). The molecule has 52 heavy (non-hydrogen) atoms. The van der Waals surface area contributed by atoms with Gasteiger partial charge in [-0.2, -0.15) is 0 Å². The number of carbonyl (C=O) groups excluding carboxylic acids is 4. The number of rotatable bonds is 39. The van der Waals surface area contributed by atoms with Gasteiger partial charge in [0.05, 0.1) is 52.7 Å². The van der Waals surface area contributed by atoms with Crippen LogP contribution in [0.25, 0.3) is 0 Å². The SMILES string of the molecule is COC(=O)[C@H](CCC(=O)NCCOCCOCC(=O)NCCOCCOCC(=O)O)CC(=O)CCCCCCCCCCCCCCCCC(=O)O. The molecule has 0 aromatic heterocycles. The number of aliphatic carboxylic acids is 2. The van der Waals surface area contributed by atoms with Crippen LogP contribution in [0.15, 0.2) is 0 Å². The Hall–Kier alpha value is -3.14. The lowest BCUT2D eigenvalue weighted by molar-refractivity contribution is -0.147. The summed E-state index contributed by atoms with van der Waals surface area (Å²) in [5.41, 5.74) is 0. The summed E-state index contributed by atoms with van der Waals surface area (Å²) in [5, 5.41) is 22.4. The van der Waals surface area contributed by atoms with E-state index in [4.69, 9.17) is 33.9 Å². The molecule has 0 spiro atoms. The van der Waals surface area contributed by atoms with E-state index >= 15 is 0 Å². The molecule has 2 amide bonds. The molecule has 0 aliphatic rings. The van der Waals surface area contributed by atoms with Crippen LogP contribution in [-0.2, 0) is 52.5 Å². The molecule has 15 heteroatoms. The number of methoxy groups -OCH3 is 1. The highest BCUT2D eigenvalue weighted by Gasteiger charge is 2.23. The molecular weight excluding hydrogens is 680 g/mol. The van der Waals surface area contributed by atoms with Crippen LogP contribution in [0.4, 0.5) is 0 Å². The van der Waals surface area contributed by atoms with E-state index in [2.05, 4.69) is 10.6 Å². The van der Waals surface area contributed by atoms with Crippen LogP contribution < -0.4 is 10.6 Å². The third-order valence-corrected chi connectivity index (χ3v) is 8.16. The summed E-state index contributed by atoms with van der Waals surface area (Å²) in [4.78, 5) is 69.6. The lowest BCUT2D eigenvalue weighted by Crippen LogP contribution is -2.31. The first-order valence-electron chi connectivity index (χ1n) is 19.0. The summed E-state index contributed by atoms with van der Waals surface area (Å²) >= 11 is 0. The molecule has 0 heterocycles. The summed E-state index contributed by atoms with van der Waals surface area (Å²) in [6.45, 7) is 1.31. The molecule has 0 aromatic carbocycles. The van der Waals surface area contributed by atoms with E-state index in [1.54, 1.807) is 0 Å². The van der Waals surface area contributed by atoms with Crippen molar-refractivity contribution in [3.63, 3.8) is 0 Å². The Balaban J connectivity index is 3.75. The van der Waals surface area contributed by atoms with Crippen molar-refractivity contribution in [1.29, 1.82) is 0 Å². The number of esters is 1. The number of carboxylic acid groups (broad SMARTS) is 2. The summed E-state index contributed by atoms with van der Waals surface area (Å²) in [6.07, 6.45) is 16.6. The van der Waals surface area contributed by atoms with Gasteiger partial charge in [0.15, 0.2) is 0 Å². The highest BCUT2D eigenvalue weighted by Crippen LogP contribution is 2.18. The van der Waals surface area contributed by atoms with Crippen molar-refractivity contribution in [1.82, 2.24) is 10.6 Å². The number of nitrogens with one attached hydrogen (secondary N) is 2. The molecular formula is C37H66N2O13. The Morgan fingerprint density at radius 2 is 0.942 bits per heavy atom. The number of hydrogen-bond acceptors (Lipinski definition) is 11. The Morgan fingerprint density at radius 1 is 0.500 bits per heavy atom. The molecule has 0 aliphatic carbocycles. The van der Waals surface area contributed by atoms with Crippen LogP contribution in [0.5, 0.6) is 0 Å². The van der Waals surface area contributed by atoms with Gasteiger partial charge in [-0.3, -0.25) is 24.0 Å². The average molecular weight is 747 g/mol. The maximum atomic E-state index is 12.5. The van der Waals surface area contributed by atoms with Crippen LogP contribution in [0.3, 0.4) is 0 Å². The lowest BCUT2D eigenvalue weighted by atomic mass is 9.94. The minimum absolute atomic E-state index is 0.0112. The minimum Gasteiger partial charge on any atom is -0.481 e. The fourth-order valence-electron chi connectivity index (χ4n) is 5.30. The van der Waals surface area contributed by atoms with E-state index in [9.17, 15) is 28.8 Å².